The average molecular weight is 453 g/mol. The van der Waals surface area contributed by atoms with Crippen LogP contribution in [0.3, 0.4) is 0 Å². The van der Waals surface area contributed by atoms with Crippen LogP contribution < -0.4 is 10.6 Å². The lowest BCUT2D eigenvalue weighted by molar-refractivity contribution is -0.159. The number of anilines is 1. The Kier molecular flexibility index (Phi) is 6.66. The number of carbonyl (C=O) groups excluding carboxylic acids is 2. The number of amides is 2. The van der Waals surface area contributed by atoms with Crippen molar-refractivity contribution in [3.05, 3.63) is 59.4 Å². The molecule has 0 saturated heterocycles. The van der Waals surface area contributed by atoms with Gasteiger partial charge in [-0.2, -0.15) is 18.2 Å². The summed E-state index contributed by atoms with van der Waals surface area (Å²) < 4.78 is 61.0. The molecule has 168 valence electrons. The highest BCUT2D eigenvalue weighted by Gasteiger charge is 2.38. The number of pyridine rings is 1. The highest BCUT2D eigenvalue weighted by molar-refractivity contribution is 5.87. The first-order valence-electron chi connectivity index (χ1n) is 8.94. The molecular weight excluding hydrogens is 438 g/mol. The maximum atomic E-state index is 14.3. The zero-order chi connectivity index (χ0) is 23.3. The second kappa shape index (κ2) is 9.41. The first kappa shape index (κ1) is 22.7. The fraction of sp³-hybridized carbons (Fsp3) is 0.211. The van der Waals surface area contributed by atoms with Crippen LogP contribution >= 0.6 is 0 Å². The number of carbonyl (C=O) groups is 2. The second-order valence-corrected chi connectivity index (χ2v) is 6.39. The molecule has 0 aliphatic heterocycles. The predicted molar refractivity (Wildman–Crippen MR) is 100 cm³/mol. The van der Waals surface area contributed by atoms with Gasteiger partial charge in [0, 0.05) is 36.4 Å². The summed E-state index contributed by atoms with van der Waals surface area (Å²) in [6, 6.07) is 6.62. The Morgan fingerprint density at radius 3 is 2.56 bits per heavy atom. The largest absolute Gasteiger partial charge is 0.471 e. The standard InChI is InChI=1S/C19H15F4N5O4/c1-10(29)26-15-5-2-11(7-24-15)9-31-18(30)25-8-13-4-3-12(6-14(13)20)16-27-17(32-28-16)19(21,22)23/h2-7H,8-9H2,1H3,(H,25,30)(H,24,26,29). The van der Waals surface area contributed by atoms with Gasteiger partial charge in [-0.3, -0.25) is 4.79 Å². The molecule has 0 unspecified atom stereocenters. The number of alkyl carbamates (subject to hydrolysis) is 1. The molecule has 9 nitrogen and oxygen atoms in total. The molecule has 0 atom stereocenters. The summed E-state index contributed by atoms with van der Waals surface area (Å²) in [4.78, 5) is 29.9. The molecule has 3 aromatic rings. The van der Waals surface area contributed by atoms with E-state index in [0.717, 1.165) is 6.07 Å². The zero-order valence-electron chi connectivity index (χ0n) is 16.4. The molecule has 0 fully saturated rings. The molecular formula is C19H15F4N5O4. The molecule has 2 N–H and O–H groups in total. The molecule has 3 rings (SSSR count). The van der Waals surface area contributed by atoms with Crippen LogP contribution in [0, 0.1) is 5.82 Å². The third kappa shape index (κ3) is 6.00. The molecule has 1 aromatic carbocycles. The summed E-state index contributed by atoms with van der Waals surface area (Å²) in [7, 11) is 0. The molecule has 0 radical (unpaired) electrons. The molecule has 2 aromatic heterocycles. The number of alkyl halides is 3. The van der Waals surface area contributed by atoms with E-state index >= 15 is 0 Å². The minimum Gasteiger partial charge on any atom is -0.445 e. The number of rotatable bonds is 6. The lowest BCUT2D eigenvalue weighted by Crippen LogP contribution is -2.24. The van der Waals surface area contributed by atoms with Gasteiger partial charge in [-0.25, -0.2) is 14.2 Å². The van der Waals surface area contributed by atoms with Crippen molar-refractivity contribution in [2.75, 3.05) is 5.32 Å². The van der Waals surface area contributed by atoms with Crippen LogP contribution in [0.2, 0.25) is 0 Å². The Labute approximate surface area is 177 Å². The quantitative estimate of drug-likeness (QED) is 0.547. The van der Waals surface area contributed by atoms with Crippen molar-refractivity contribution in [3.63, 3.8) is 0 Å². The molecule has 2 amide bonds. The SMILES string of the molecule is CC(=O)Nc1ccc(COC(=O)NCc2ccc(-c3noc(C(F)(F)F)n3)cc2F)cn1. The van der Waals surface area contributed by atoms with Gasteiger partial charge < -0.3 is 19.9 Å². The third-order valence-corrected chi connectivity index (χ3v) is 3.90. The molecule has 13 heteroatoms. The molecule has 2 heterocycles. The van der Waals surface area contributed by atoms with Crippen molar-refractivity contribution in [1.82, 2.24) is 20.4 Å². The zero-order valence-corrected chi connectivity index (χ0v) is 16.4. The van der Waals surface area contributed by atoms with Gasteiger partial charge in [-0.05, 0) is 12.1 Å². The van der Waals surface area contributed by atoms with Gasteiger partial charge in [0.2, 0.25) is 11.7 Å². The summed E-state index contributed by atoms with van der Waals surface area (Å²) in [5, 5.41) is 8.03. The smallest absolute Gasteiger partial charge is 0.445 e. The van der Waals surface area contributed by atoms with Crippen LogP contribution in [-0.4, -0.2) is 27.1 Å². The lowest BCUT2D eigenvalue weighted by Gasteiger charge is -2.09. The van der Waals surface area contributed by atoms with E-state index < -0.39 is 29.8 Å². The van der Waals surface area contributed by atoms with Crippen LogP contribution in [0.1, 0.15) is 23.9 Å². The molecule has 0 saturated carbocycles. The van der Waals surface area contributed by atoms with E-state index in [1.807, 2.05) is 0 Å². The van der Waals surface area contributed by atoms with Crippen LogP contribution in [0.5, 0.6) is 0 Å². The molecule has 0 aliphatic carbocycles. The van der Waals surface area contributed by atoms with E-state index in [4.69, 9.17) is 4.74 Å². The van der Waals surface area contributed by atoms with Gasteiger partial charge in [-0.15, -0.1) is 0 Å². The minimum atomic E-state index is -4.81. The fourth-order valence-corrected chi connectivity index (χ4v) is 2.42. The Balaban J connectivity index is 1.52. The number of halogens is 4. The Morgan fingerprint density at radius 1 is 1.19 bits per heavy atom. The van der Waals surface area contributed by atoms with Gasteiger partial charge in [0.15, 0.2) is 0 Å². The van der Waals surface area contributed by atoms with Crippen LogP contribution in [-0.2, 0) is 28.9 Å². The van der Waals surface area contributed by atoms with Crippen molar-refractivity contribution in [2.24, 2.45) is 0 Å². The van der Waals surface area contributed by atoms with Crippen LogP contribution in [0.15, 0.2) is 41.1 Å². The number of ether oxygens (including phenoxy) is 1. The monoisotopic (exact) mass is 453 g/mol. The topological polar surface area (TPSA) is 119 Å². The molecule has 0 bridgehead atoms. The van der Waals surface area contributed by atoms with E-state index in [1.165, 1.54) is 31.3 Å². The maximum absolute atomic E-state index is 14.3. The Hall–Kier alpha value is -4.03. The first-order valence-corrected chi connectivity index (χ1v) is 8.94. The number of nitrogens with zero attached hydrogens (tertiary/aromatic N) is 3. The van der Waals surface area contributed by atoms with Gasteiger partial charge in [-0.1, -0.05) is 23.4 Å². The number of aromatic nitrogens is 3. The summed E-state index contributed by atoms with van der Waals surface area (Å²) >= 11 is 0. The van der Waals surface area contributed by atoms with E-state index in [1.54, 1.807) is 6.07 Å². The summed E-state index contributed by atoms with van der Waals surface area (Å²) in [5.74, 6) is -2.68. The van der Waals surface area contributed by atoms with Gasteiger partial charge >= 0.3 is 18.2 Å². The molecule has 32 heavy (non-hydrogen) atoms. The third-order valence-electron chi connectivity index (χ3n) is 3.90. The number of benzene rings is 1. The minimum absolute atomic E-state index is 0.0247. The van der Waals surface area contributed by atoms with Crippen LogP contribution in [0.4, 0.5) is 28.2 Å². The number of hydrogen-bond acceptors (Lipinski definition) is 7. The van der Waals surface area contributed by atoms with Crippen molar-refractivity contribution in [2.45, 2.75) is 26.3 Å². The summed E-state index contributed by atoms with van der Waals surface area (Å²) in [6.45, 7) is 0.999. The van der Waals surface area contributed by atoms with Crippen LogP contribution in [0.25, 0.3) is 11.4 Å². The fourth-order valence-electron chi connectivity index (χ4n) is 2.42. The summed E-state index contributed by atoms with van der Waals surface area (Å²) in [5.41, 5.74) is 0.595. The number of nitrogens with one attached hydrogen (secondary N) is 2. The van der Waals surface area contributed by atoms with Crippen molar-refractivity contribution < 1.29 is 36.4 Å². The highest BCUT2D eigenvalue weighted by atomic mass is 19.4. The Morgan fingerprint density at radius 2 is 1.97 bits per heavy atom. The van der Waals surface area contributed by atoms with Gasteiger partial charge in [0.1, 0.15) is 18.2 Å². The van der Waals surface area contributed by atoms with Gasteiger partial charge in [0.05, 0.1) is 0 Å². The highest BCUT2D eigenvalue weighted by Crippen LogP contribution is 2.29. The van der Waals surface area contributed by atoms with E-state index in [-0.39, 0.29) is 30.2 Å². The van der Waals surface area contributed by atoms with E-state index in [2.05, 4.69) is 30.3 Å². The van der Waals surface area contributed by atoms with Crippen molar-refractivity contribution in [1.29, 1.82) is 0 Å². The van der Waals surface area contributed by atoms with E-state index in [0.29, 0.717) is 11.4 Å². The normalized spacial score (nSPS) is 11.2. The average Bonchev–Trinajstić information content (AvgIpc) is 3.23. The summed E-state index contributed by atoms with van der Waals surface area (Å²) in [6.07, 6.45) is -4.22. The predicted octanol–water partition coefficient (Wildman–Crippen LogP) is 3.67. The first-order chi connectivity index (χ1) is 15.1. The number of hydrogen-bond donors (Lipinski definition) is 2. The molecule has 0 aliphatic rings. The molecule has 0 spiro atoms. The lowest BCUT2D eigenvalue weighted by atomic mass is 10.1. The van der Waals surface area contributed by atoms with Crippen molar-refractivity contribution >= 4 is 17.8 Å². The van der Waals surface area contributed by atoms with E-state index in [9.17, 15) is 27.2 Å². The van der Waals surface area contributed by atoms with Gasteiger partial charge in [0.25, 0.3) is 0 Å². The second-order valence-electron chi connectivity index (χ2n) is 6.39. The Bertz CT molecular complexity index is 1120. The van der Waals surface area contributed by atoms with Crippen molar-refractivity contribution in [3.8, 4) is 11.4 Å². The maximum Gasteiger partial charge on any atom is 0.471 e.